The smallest absolute Gasteiger partial charge is 0.306 e. The number of rotatable bonds is 2. The van der Waals surface area contributed by atoms with Gasteiger partial charge in [0, 0.05) is 29.9 Å². The monoisotopic (exact) mass is 435 g/mol. The number of aromatic nitrogens is 2. The highest BCUT2D eigenvalue weighted by atomic mass is 19.4. The molecule has 1 aliphatic heterocycles. The zero-order valence-corrected chi connectivity index (χ0v) is 16.0. The Bertz CT molecular complexity index is 1270. The maximum Gasteiger partial charge on any atom is 0.418 e. The number of hydrogen-bond donors (Lipinski definition) is 0. The Morgan fingerprint density at radius 1 is 1.06 bits per heavy atom. The quantitative estimate of drug-likeness (QED) is 0.571. The van der Waals surface area contributed by atoms with E-state index >= 15 is 0 Å². The van der Waals surface area contributed by atoms with E-state index in [1.807, 2.05) is 0 Å². The van der Waals surface area contributed by atoms with Crippen LogP contribution in [0, 0.1) is 18.6 Å². The molecule has 0 aliphatic carbocycles. The Morgan fingerprint density at radius 2 is 1.77 bits per heavy atom. The fourth-order valence-corrected chi connectivity index (χ4v) is 3.60. The molecule has 1 aliphatic rings. The molecule has 0 atom stereocenters. The van der Waals surface area contributed by atoms with E-state index in [0.29, 0.717) is 6.07 Å². The van der Waals surface area contributed by atoms with Crippen LogP contribution < -0.4 is 10.3 Å². The maximum absolute atomic E-state index is 14.0. The lowest BCUT2D eigenvalue weighted by Gasteiger charge is -2.19. The second-order valence-electron chi connectivity index (χ2n) is 7.02. The molecule has 4 rings (SSSR count). The number of alkyl halides is 3. The van der Waals surface area contributed by atoms with Gasteiger partial charge in [0.1, 0.15) is 11.6 Å². The minimum absolute atomic E-state index is 0.0251. The summed E-state index contributed by atoms with van der Waals surface area (Å²) in [7, 11) is 0. The summed E-state index contributed by atoms with van der Waals surface area (Å²) in [6.07, 6.45) is -4.59. The number of anilines is 1. The number of fused-ring (bicyclic) bond motifs is 1. The lowest BCUT2D eigenvalue weighted by molar-refractivity contribution is -0.137. The lowest BCUT2D eigenvalue weighted by Crippen LogP contribution is -2.35. The van der Waals surface area contributed by atoms with Crippen molar-refractivity contribution in [2.75, 3.05) is 11.4 Å². The Kier molecular flexibility index (Phi) is 4.87. The van der Waals surface area contributed by atoms with Gasteiger partial charge >= 0.3 is 6.18 Å². The van der Waals surface area contributed by atoms with Gasteiger partial charge in [0.05, 0.1) is 16.9 Å². The second-order valence-corrected chi connectivity index (χ2v) is 7.02. The first kappa shape index (κ1) is 20.7. The number of hydrogen-bond acceptors (Lipinski definition) is 3. The van der Waals surface area contributed by atoms with Gasteiger partial charge in [-0.15, -0.1) is 0 Å². The third-order valence-electron chi connectivity index (χ3n) is 5.01. The number of aryl methyl sites for hydroxylation is 1. The van der Waals surface area contributed by atoms with E-state index in [1.165, 1.54) is 19.1 Å². The van der Waals surface area contributed by atoms with E-state index in [-0.39, 0.29) is 35.6 Å². The SMILES string of the molecule is Cc1cc(=O)c(C(=O)N2CCc3c(F)cc(F)cc32)nn1-c1ccccc1C(F)(F)F. The summed E-state index contributed by atoms with van der Waals surface area (Å²) in [6.45, 7) is 1.36. The Hall–Kier alpha value is -3.56. The summed E-state index contributed by atoms with van der Waals surface area (Å²) in [4.78, 5) is 26.5. The average Bonchev–Trinajstić information content (AvgIpc) is 3.11. The zero-order valence-electron chi connectivity index (χ0n) is 16.0. The summed E-state index contributed by atoms with van der Waals surface area (Å²) in [5, 5.41) is 3.90. The highest BCUT2D eigenvalue weighted by Crippen LogP contribution is 2.34. The van der Waals surface area contributed by atoms with Crippen molar-refractivity contribution in [3.8, 4) is 5.69 Å². The first-order chi connectivity index (χ1) is 14.6. The van der Waals surface area contributed by atoms with Crippen LogP contribution in [0.5, 0.6) is 0 Å². The van der Waals surface area contributed by atoms with Crippen molar-refractivity contribution < 1.29 is 26.7 Å². The minimum Gasteiger partial charge on any atom is -0.306 e. The predicted octanol–water partition coefficient (Wildman–Crippen LogP) is 4.04. The third kappa shape index (κ3) is 3.58. The number of carbonyl (C=O) groups is 1. The second kappa shape index (κ2) is 7.29. The molecule has 0 N–H and O–H groups in total. The molecule has 0 fully saturated rings. The van der Waals surface area contributed by atoms with Gasteiger partial charge in [-0.2, -0.15) is 18.3 Å². The molecule has 31 heavy (non-hydrogen) atoms. The summed E-state index contributed by atoms with van der Waals surface area (Å²) in [6, 6.07) is 7.26. The van der Waals surface area contributed by atoms with Crippen LogP contribution in [0.2, 0.25) is 0 Å². The van der Waals surface area contributed by atoms with Crippen molar-refractivity contribution >= 4 is 11.6 Å². The normalized spacial score (nSPS) is 13.4. The molecule has 0 saturated carbocycles. The number of halogens is 5. The highest BCUT2D eigenvalue weighted by Gasteiger charge is 2.35. The molecule has 1 aromatic heterocycles. The number of amides is 1. The van der Waals surface area contributed by atoms with Crippen LogP contribution in [0.4, 0.5) is 27.6 Å². The van der Waals surface area contributed by atoms with E-state index in [1.54, 1.807) is 0 Å². The molecular formula is C21H14F5N3O2. The zero-order chi connectivity index (χ0) is 22.5. The first-order valence-electron chi connectivity index (χ1n) is 9.15. The molecule has 0 spiro atoms. The van der Waals surface area contributed by atoms with Crippen molar-refractivity contribution in [1.29, 1.82) is 0 Å². The summed E-state index contributed by atoms with van der Waals surface area (Å²) >= 11 is 0. The molecule has 3 aromatic rings. The fourth-order valence-electron chi connectivity index (χ4n) is 3.60. The van der Waals surface area contributed by atoms with Crippen molar-refractivity contribution in [3.63, 3.8) is 0 Å². The van der Waals surface area contributed by atoms with Crippen LogP contribution in [-0.2, 0) is 12.6 Å². The van der Waals surface area contributed by atoms with E-state index in [9.17, 15) is 31.5 Å². The number of carbonyl (C=O) groups excluding carboxylic acids is 1. The van der Waals surface area contributed by atoms with Crippen molar-refractivity contribution in [2.45, 2.75) is 19.5 Å². The summed E-state index contributed by atoms with van der Waals surface area (Å²) in [5.41, 5.74) is -2.66. The van der Waals surface area contributed by atoms with Crippen LogP contribution in [0.1, 0.15) is 27.3 Å². The van der Waals surface area contributed by atoms with Gasteiger partial charge in [0.15, 0.2) is 5.69 Å². The predicted molar refractivity (Wildman–Crippen MR) is 101 cm³/mol. The first-order valence-corrected chi connectivity index (χ1v) is 9.15. The Balaban J connectivity index is 1.84. The highest BCUT2D eigenvalue weighted by molar-refractivity contribution is 6.06. The molecule has 10 heteroatoms. The summed E-state index contributed by atoms with van der Waals surface area (Å²) in [5.74, 6) is -2.67. The van der Waals surface area contributed by atoms with Crippen molar-refractivity contribution in [2.24, 2.45) is 0 Å². The molecule has 0 radical (unpaired) electrons. The number of nitrogens with zero attached hydrogens (tertiary/aromatic N) is 3. The average molecular weight is 435 g/mol. The van der Waals surface area contributed by atoms with Crippen LogP contribution in [0.25, 0.3) is 5.69 Å². The Labute approximate surface area is 172 Å². The minimum atomic E-state index is -4.69. The van der Waals surface area contributed by atoms with Gasteiger partial charge < -0.3 is 4.90 Å². The standard InChI is InChI=1S/C21H14F5N3O2/c1-11-8-18(30)19(27-29(11)16-5-3-2-4-14(16)21(24,25)26)20(31)28-7-6-13-15(23)9-12(22)10-17(13)28/h2-5,8-10H,6-7H2,1H3. The van der Waals surface area contributed by atoms with Gasteiger partial charge in [0.2, 0.25) is 5.43 Å². The van der Waals surface area contributed by atoms with Gasteiger partial charge in [-0.1, -0.05) is 12.1 Å². The molecule has 2 aromatic carbocycles. The largest absolute Gasteiger partial charge is 0.418 e. The van der Waals surface area contributed by atoms with Gasteiger partial charge in [-0.05, 0) is 31.5 Å². The van der Waals surface area contributed by atoms with Crippen molar-refractivity contribution in [1.82, 2.24) is 9.78 Å². The van der Waals surface area contributed by atoms with Crippen molar-refractivity contribution in [3.05, 3.63) is 86.8 Å². The van der Waals surface area contributed by atoms with E-state index in [4.69, 9.17) is 0 Å². The Morgan fingerprint density at radius 3 is 2.48 bits per heavy atom. The van der Waals surface area contributed by atoms with Gasteiger partial charge in [-0.3, -0.25) is 9.59 Å². The fraction of sp³-hybridized carbons (Fsp3) is 0.190. The third-order valence-corrected chi connectivity index (χ3v) is 5.01. The van der Waals surface area contributed by atoms with Crippen LogP contribution >= 0.6 is 0 Å². The molecule has 2 heterocycles. The number of benzene rings is 2. The molecule has 5 nitrogen and oxygen atoms in total. The maximum atomic E-state index is 14.0. The lowest BCUT2D eigenvalue weighted by atomic mass is 10.1. The molecule has 0 unspecified atom stereocenters. The van der Waals surface area contributed by atoms with E-state index in [0.717, 1.165) is 33.8 Å². The number of para-hydroxylation sites is 1. The van der Waals surface area contributed by atoms with E-state index < -0.39 is 40.4 Å². The molecule has 1 amide bonds. The molecule has 0 bridgehead atoms. The van der Waals surface area contributed by atoms with Crippen LogP contribution in [0.3, 0.4) is 0 Å². The topological polar surface area (TPSA) is 55.2 Å². The molecular weight excluding hydrogens is 421 g/mol. The molecule has 0 saturated heterocycles. The molecule has 160 valence electrons. The van der Waals surface area contributed by atoms with E-state index in [2.05, 4.69) is 5.10 Å². The van der Waals surface area contributed by atoms with Gasteiger partial charge in [0.25, 0.3) is 5.91 Å². The summed E-state index contributed by atoms with van der Waals surface area (Å²) < 4.78 is 68.9. The van der Waals surface area contributed by atoms with Gasteiger partial charge in [-0.25, -0.2) is 13.5 Å². The van der Waals surface area contributed by atoms with Crippen LogP contribution in [0.15, 0.2) is 47.3 Å². The van der Waals surface area contributed by atoms with Crippen LogP contribution in [-0.4, -0.2) is 22.2 Å².